The molecule has 2 aliphatic carbocycles. The topological polar surface area (TPSA) is 40.5 Å². The minimum absolute atomic E-state index is 0.321. The Balaban J connectivity index is 2.05. The lowest BCUT2D eigenvalue weighted by atomic mass is 9.66. The van der Waals surface area contributed by atoms with Gasteiger partial charge in [0.05, 0.1) is 5.76 Å². The third-order valence-electron chi connectivity index (χ3n) is 3.30. The van der Waals surface area contributed by atoms with Crippen molar-refractivity contribution < 1.29 is 10.2 Å². The summed E-state index contributed by atoms with van der Waals surface area (Å²) in [5.74, 6) is 1.50. The van der Waals surface area contributed by atoms with Crippen molar-refractivity contribution in [1.82, 2.24) is 0 Å². The van der Waals surface area contributed by atoms with Crippen LogP contribution in [-0.2, 0) is 0 Å². The van der Waals surface area contributed by atoms with Gasteiger partial charge < -0.3 is 10.2 Å². The van der Waals surface area contributed by atoms with Gasteiger partial charge in [-0.3, -0.25) is 0 Å². The fourth-order valence-corrected chi connectivity index (χ4v) is 2.56. The molecule has 0 saturated heterocycles. The summed E-state index contributed by atoms with van der Waals surface area (Å²) in [5.41, 5.74) is 2.45. The van der Waals surface area contributed by atoms with Gasteiger partial charge in [-0.2, -0.15) is 0 Å². The van der Waals surface area contributed by atoms with E-state index in [-0.39, 0.29) is 0 Å². The van der Waals surface area contributed by atoms with Crippen molar-refractivity contribution in [2.45, 2.75) is 18.3 Å². The zero-order valence-electron chi connectivity index (χ0n) is 8.22. The quantitative estimate of drug-likeness (QED) is 0.676. The first-order chi connectivity index (χ1) is 7.25. The Morgan fingerprint density at radius 2 is 2.00 bits per heavy atom. The van der Waals surface area contributed by atoms with Crippen molar-refractivity contribution in [3.05, 3.63) is 53.3 Å². The van der Waals surface area contributed by atoms with Crippen LogP contribution < -0.4 is 0 Å². The van der Waals surface area contributed by atoms with Crippen LogP contribution in [0.15, 0.2) is 42.2 Å². The molecule has 1 aromatic rings. The number of phenols is 1. The standard InChI is InChI=1S/C13H12O2/c14-8-2-1-3-10-12(6-8)11-5-4-9(15)7-13(10)11/h1-5,7,10,12,14-15H,6H2. The van der Waals surface area contributed by atoms with Gasteiger partial charge in [0.2, 0.25) is 0 Å². The lowest BCUT2D eigenvalue weighted by molar-refractivity contribution is 0.359. The molecule has 0 spiro atoms. The van der Waals surface area contributed by atoms with Gasteiger partial charge in [-0.1, -0.05) is 18.2 Å². The molecule has 76 valence electrons. The second-order valence-corrected chi connectivity index (χ2v) is 4.19. The smallest absolute Gasteiger partial charge is 0.115 e. The first kappa shape index (κ1) is 8.60. The number of aromatic hydroxyl groups is 1. The van der Waals surface area contributed by atoms with Gasteiger partial charge in [0, 0.05) is 18.3 Å². The molecular formula is C13H12O2. The molecule has 2 nitrogen and oxygen atoms in total. The third kappa shape index (κ3) is 1.18. The molecule has 2 unspecified atom stereocenters. The van der Waals surface area contributed by atoms with Gasteiger partial charge >= 0.3 is 0 Å². The molecule has 0 saturated carbocycles. The molecule has 2 heteroatoms. The average molecular weight is 200 g/mol. The maximum Gasteiger partial charge on any atom is 0.115 e. The highest BCUT2D eigenvalue weighted by atomic mass is 16.3. The monoisotopic (exact) mass is 200 g/mol. The van der Waals surface area contributed by atoms with Gasteiger partial charge in [0.1, 0.15) is 5.75 Å². The number of benzene rings is 1. The molecule has 2 atom stereocenters. The third-order valence-corrected chi connectivity index (χ3v) is 3.30. The fraction of sp³-hybridized carbons (Fsp3) is 0.231. The van der Waals surface area contributed by atoms with E-state index in [1.807, 2.05) is 18.2 Å². The predicted molar refractivity (Wildman–Crippen MR) is 58.1 cm³/mol. The number of fused-ring (bicyclic) bond motifs is 4. The van der Waals surface area contributed by atoms with Gasteiger partial charge in [-0.25, -0.2) is 0 Å². The number of phenolic OH excluding ortho intramolecular Hbond substituents is 1. The SMILES string of the molecule is OC1=CC=CC2c3cc(O)ccc3C2C1. The van der Waals surface area contributed by atoms with E-state index < -0.39 is 0 Å². The zero-order chi connectivity index (χ0) is 10.4. The van der Waals surface area contributed by atoms with Crippen molar-refractivity contribution in [3.63, 3.8) is 0 Å². The average Bonchev–Trinajstić information content (AvgIpc) is 2.37. The van der Waals surface area contributed by atoms with Gasteiger partial charge in [0.15, 0.2) is 0 Å². The second-order valence-electron chi connectivity index (χ2n) is 4.19. The van der Waals surface area contributed by atoms with E-state index in [1.54, 1.807) is 12.1 Å². The Kier molecular flexibility index (Phi) is 1.66. The number of hydrogen-bond acceptors (Lipinski definition) is 2. The molecule has 0 amide bonds. The minimum atomic E-state index is 0.321. The molecule has 3 rings (SSSR count). The highest BCUT2D eigenvalue weighted by molar-refractivity contribution is 5.52. The van der Waals surface area contributed by atoms with Gasteiger partial charge in [-0.05, 0) is 29.3 Å². The van der Waals surface area contributed by atoms with Crippen LogP contribution in [0.25, 0.3) is 0 Å². The predicted octanol–water partition coefficient (Wildman–Crippen LogP) is 2.97. The molecule has 0 radical (unpaired) electrons. The lowest BCUT2D eigenvalue weighted by Crippen LogP contribution is -2.22. The van der Waals surface area contributed by atoms with Crippen molar-refractivity contribution in [2.24, 2.45) is 0 Å². The summed E-state index contributed by atoms with van der Waals surface area (Å²) < 4.78 is 0. The van der Waals surface area contributed by atoms with Crippen molar-refractivity contribution >= 4 is 0 Å². The summed E-state index contributed by atoms with van der Waals surface area (Å²) in [6.45, 7) is 0. The first-order valence-corrected chi connectivity index (χ1v) is 5.15. The maximum atomic E-state index is 9.55. The van der Waals surface area contributed by atoms with Crippen LogP contribution >= 0.6 is 0 Å². The molecule has 2 N–H and O–H groups in total. The van der Waals surface area contributed by atoms with Crippen LogP contribution in [0.1, 0.15) is 29.4 Å². The molecule has 0 aliphatic heterocycles. The minimum Gasteiger partial charge on any atom is -0.512 e. The van der Waals surface area contributed by atoms with Crippen LogP contribution in [0.5, 0.6) is 5.75 Å². The molecular weight excluding hydrogens is 188 g/mol. The van der Waals surface area contributed by atoms with E-state index >= 15 is 0 Å². The molecule has 15 heavy (non-hydrogen) atoms. The number of hydrogen-bond donors (Lipinski definition) is 2. The van der Waals surface area contributed by atoms with Gasteiger partial charge in [0.25, 0.3) is 0 Å². The maximum absolute atomic E-state index is 9.55. The van der Waals surface area contributed by atoms with E-state index in [0.717, 1.165) is 0 Å². The summed E-state index contributed by atoms with van der Waals surface area (Å²) >= 11 is 0. The van der Waals surface area contributed by atoms with E-state index in [9.17, 15) is 10.2 Å². The van der Waals surface area contributed by atoms with Crippen LogP contribution in [0, 0.1) is 0 Å². The summed E-state index contributed by atoms with van der Waals surface area (Å²) in [7, 11) is 0. The fourth-order valence-electron chi connectivity index (χ4n) is 2.56. The Morgan fingerprint density at radius 1 is 1.13 bits per heavy atom. The Morgan fingerprint density at radius 3 is 2.87 bits per heavy atom. The normalized spacial score (nSPS) is 27.1. The van der Waals surface area contributed by atoms with Crippen LogP contribution in [0.4, 0.5) is 0 Å². The first-order valence-electron chi connectivity index (χ1n) is 5.15. The highest BCUT2D eigenvalue weighted by Crippen LogP contribution is 2.52. The van der Waals surface area contributed by atoms with Crippen LogP contribution in [0.2, 0.25) is 0 Å². The summed E-state index contributed by atoms with van der Waals surface area (Å²) in [6.07, 6.45) is 6.44. The number of allylic oxidation sites excluding steroid dienone is 4. The Hall–Kier alpha value is -1.70. The number of rotatable bonds is 0. The molecule has 0 heterocycles. The zero-order valence-corrected chi connectivity index (χ0v) is 8.22. The van der Waals surface area contributed by atoms with E-state index in [4.69, 9.17) is 0 Å². The second kappa shape index (κ2) is 2.89. The summed E-state index contributed by atoms with van der Waals surface area (Å²) in [4.78, 5) is 0. The molecule has 1 aromatic carbocycles. The van der Waals surface area contributed by atoms with Gasteiger partial charge in [-0.15, -0.1) is 0 Å². The molecule has 0 fully saturated rings. The van der Waals surface area contributed by atoms with Crippen LogP contribution in [0.3, 0.4) is 0 Å². The molecule has 0 bridgehead atoms. The lowest BCUT2D eigenvalue weighted by Gasteiger charge is -2.37. The van der Waals surface area contributed by atoms with Crippen molar-refractivity contribution in [1.29, 1.82) is 0 Å². The Labute approximate surface area is 88.2 Å². The summed E-state index contributed by atoms with van der Waals surface area (Å²) in [5, 5.41) is 18.9. The van der Waals surface area contributed by atoms with Crippen molar-refractivity contribution in [3.8, 4) is 5.75 Å². The van der Waals surface area contributed by atoms with E-state index in [1.165, 1.54) is 11.1 Å². The Bertz CT molecular complexity index is 471. The molecule has 2 aliphatic rings. The number of aliphatic hydroxyl groups is 1. The van der Waals surface area contributed by atoms with Crippen molar-refractivity contribution in [2.75, 3.05) is 0 Å². The molecule has 0 aromatic heterocycles. The van der Waals surface area contributed by atoms with E-state index in [0.29, 0.717) is 29.8 Å². The largest absolute Gasteiger partial charge is 0.512 e. The highest BCUT2D eigenvalue weighted by Gasteiger charge is 2.36. The number of aliphatic hydroxyl groups excluding tert-OH is 1. The van der Waals surface area contributed by atoms with Crippen LogP contribution in [-0.4, -0.2) is 10.2 Å². The van der Waals surface area contributed by atoms with E-state index in [2.05, 4.69) is 6.08 Å². The summed E-state index contributed by atoms with van der Waals surface area (Å²) in [6, 6.07) is 5.49.